The van der Waals surface area contributed by atoms with Crippen LogP contribution in [0, 0.1) is 0 Å². The predicted octanol–water partition coefficient (Wildman–Crippen LogP) is 4.29. The van der Waals surface area contributed by atoms with E-state index in [1.807, 2.05) is 65.6 Å². The Morgan fingerprint density at radius 3 is 2.88 bits per heavy atom. The summed E-state index contributed by atoms with van der Waals surface area (Å²) in [5, 5.41) is 1.09. The third kappa shape index (κ3) is 3.51. The highest BCUT2D eigenvalue weighted by molar-refractivity contribution is 9.10. The van der Waals surface area contributed by atoms with Crippen molar-refractivity contribution in [2.75, 3.05) is 13.1 Å². The van der Waals surface area contributed by atoms with E-state index in [9.17, 15) is 4.79 Å². The van der Waals surface area contributed by atoms with Crippen molar-refractivity contribution in [3.8, 4) is 5.88 Å². The Hall–Kier alpha value is -2.40. The fourth-order valence-corrected chi connectivity index (χ4v) is 3.50. The quantitative estimate of drug-likeness (QED) is 0.662. The van der Waals surface area contributed by atoms with Gasteiger partial charge in [0.1, 0.15) is 6.10 Å². The molecular weight excluding hydrogens is 380 g/mol. The van der Waals surface area contributed by atoms with Crippen LogP contribution >= 0.6 is 15.9 Å². The van der Waals surface area contributed by atoms with Crippen LogP contribution in [0.3, 0.4) is 0 Å². The highest BCUT2D eigenvalue weighted by atomic mass is 79.9. The van der Waals surface area contributed by atoms with E-state index in [1.165, 1.54) is 0 Å². The van der Waals surface area contributed by atoms with Crippen LogP contribution in [-0.2, 0) is 0 Å². The second-order valence-electron chi connectivity index (χ2n) is 6.13. The number of amides is 1. The number of aromatic nitrogens is 1. The van der Waals surface area contributed by atoms with Crippen LogP contribution in [0.4, 0.5) is 0 Å². The molecule has 4 nitrogen and oxygen atoms in total. The van der Waals surface area contributed by atoms with E-state index >= 15 is 0 Å². The van der Waals surface area contributed by atoms with E-state index in [2.05, 4.69) is 20.9 Å². The SMILES string of the molecule is O=C(c1cccc(Br)c1)N1CCC(Oc2ccc3ccccc3n2)C1. The van der Waals surface area contributed by atoms with Crippen LogP contribution in [0.5, 0.6) is 5.88 Å². The normalized spacial score (nSPS) is 17.0. The molecule has 2 aromatic carbocycles. The Balaban J connectivity index is 1.44. The largest absolute Gasteiger partial charge is 0.472 e. The third-order valence-electron chi connectivity index (χ3n) is 4.36. The number of carbonyl (C=O) groups is 1. The monoisotopic (exact) mass is 396 g/mol. The van der Waals surface area contributed by atoms with Crippen LogP contribution in [0.15, 0.2) is 65.1 Å². The number of ether oxygens (including phenoxy) is 1. The van der Waals surface area contributed by atoms with E-state index in [0.717, 1.165) is 21.8 Å². The lowest BCUT2D eigenvalue weighted by Gasteiger charge is -2.17. The number of benzene rings is 2. The number of fused-ring (bicyclic) bond motifs is 1. The zero-order chi connectivity index (χ0) is 17.2. The summed E-state index contributed by atoms with van der Waals surface area (Å²) in [4.78, 5) is 19.0. The molecule has 1 fully saturated rings. The van der Waals surface area contributed by atoms with Gasteiger partial charge in [-0.15, -0.1) is 0 Å². The number of hydrogen-bond acceptors (Lipinski definition) is 3. The van der Waals surface area contributed by atoms with E-state index in [-0.39, 0.29) is 12.0 Å². The van der Waals surface area contributed by atoms with Crippen LogP contribution in [0.25, 0.3) is 10.9 Å². The van der Waals surface area contributed by atoms with Gasteiger partial charge < -0.3 is 9.64 Å². The fourth-order valence-electron chi connectivity index (χ4n) is 3.10. The minimum Gasteiger partial charge on any atom is -0.472 e. The Labute approximate surface area is 154 Å². The molecule has 1 amide bonds. The molecule has 1 aliphatic heterocycles. The average Bonchev–Trinajstić information content (AvgIpc) is 3.09. The Morgan fingerprint density at radius 2 is 2.00 bits per heavy atom. The average molecular weight is 397 g/mol. The first-order valence-electron chi connectivity index (χ1n) is 8.26. The predicted molar refractivity (Wildman–Crippen MR) is 101 cm³/mol. The van der Waals surface area contributed by atoms with Crippen LogP contribution in [0.1, 0.15) is 16.8 Å². The lowest BCUT2D eigenvalue weighted by Crippen LogP contribution is -2.31. The smallest absolute Gasteiger partial charge is 0.254 e. The molecular formula is C20H17BrN2O2. The molecule has 1 aliphatic rings. The molecule has 1 atom stereocenters. The molecule has 1 unspecified atom stereocenters. The molecule has 126 valence electrons. The standard InChI is InChI=1S/C20H17BrN2O2/c21-16-6-3-5-15(12-16)20(24)23-11-10-17(13-23)25-19-9-8-14-4-1-2-7-18(14)22-19/h1-9,12,17H,10-11,13H2. The molecule has 25 heavy (non-hydrogen) atoms. The van der Waals surface area contributed by atoms with Crippen molar-refractivity contribution >= 4 is 32.7 Å². The Morgan fingerprint density at radius 1 is 1.12 bits per heavy atom. The molecule has 0 bridgehead atoms. The summed E-state index contributed by atoms with van der Waals surface area (Å²) in [7, 11) is 0. The van der Waals surface area contributed by atoms with Crippen LogP contribution in [-0.4, -0.2) is 35.0 Å². The van der Waals surface area contributed by atoms with Crippen molar-refractivity contribution in [3.05, 3.63) is 70.7 Å². The van der Waals surface area contributed by atoms with Gasteiger partial charge in [0.25, 0.3) is 5.91 Å². The van der Waals surface area contributed by atoms with Crippen molar-refractivity contribution in [2.45, 2.75) is 12.5 Å². The fraction of sp³-hybridized carbons (Fsp3) is 0.200. The van der Waals surface area contributed by atoms with Gasteiger partial charge >= 0.3 is 0 Å². The molecule has 2 heterocycles. The third-order valence-corrected chi connectivity index (χ3v) is 4.86. The molecule has 0 saturated carbocycles. The molecule has 0 N–H and O–H groups in total. The molecule has 5 heteroatoms. The van der Waals surface area contributed by atoms with Crippen molar-refractivity contribution < 1.29 is 9.53 Å². The first-order valence-corrected chi connectivity index (χ1v) is 9.06. The van der Waals surface area contributed by atoms with E-state index in [1.54, 1.807) is 0 Å². The molecule has 1 saturated heterocycles. The Bertz CT molecular complexity index is 928. The van der Waals surface area contributed by atoms with Crippen molar-refractivity contribution in [1.82, 2.24) is 9.88 Å². The van der Waals surface area contributed by atoms with Gasteiger partial charge in [-0.3, -0.25) is 4.79 Å². The first kappa shape index (κ1) is 16.1. The molecule has 4 rings (SSSR count). The van der Waals surface area contributed by atoms with Gasteiger partial charge in [0.2, 0.25) is 5.88 Å². The summed E-state index contributed by atoms with van der Waals surface area (Å²) < 4.78 is 6.92. The second kappa shape index (κ2) is 6.84. The number of hydrogen-bond donors (Lipinski definition) is 0. The number of nitrogens with zero attached hydrogens (tertiary/aromatic N) is 2. The number of halogens is 1. The van der Waals surface area contributed by atoms with Gasteiger partial charge in [-0.2, -0.15) is 0 Å². The van der Waals surface area contributed by atoms with Gasteiger partial charge in [0.15, 0.2) is 0 Å². The van der Waals surface area contributed by atoms with Crippen molar-refractivity contribution in [3.63, 3.8) is 0 Å². The zero-order valence-electron chi connectivity index (χ0n) is 13.6. The maximum Gasteiger partial charge on any atom is 0.254 e. The molecule has 0 radical (unpaired) electrons. The molecule has 1 aromatic heterocycles. The van der Waals surface area contributed by atoms with Gasteiger partial charge in [-0.1, -0.05) is 40.2 Å². The minimum atomic E-state index is -0.0234. The van der Waals surface area contributed by atoms with Gasteiger partial charge in [0, 0.05) is 34.5 Å². The number of para-hydroxylation sites is 1. The Kier molecular flexibility index (Phi) is 4.40. The first-order chi connectivity index (χ1) is 12.2. The number of rotatable bonds is 3. The molecule has 3 aromatic rings. The van der Waals surface area contributed by atoms with Crippen LogP contribution < -0.4 is 4.74 Å². The van der Waals surface area contributed by atoms with Crippen LogP contribution in [0.2, 0.25) is 0 Å². The number of pyridine rings is 1. The zero-order valence-corrected chi connectivity index (χ0v) is 15.1. The van der Waals surface area contributed by atoms with E-state index in [4.69, 9.17) is 4.74 Å². The van der Waals surface area contributed by atoms with Gasteiger partial charge in [-0.25, -0.2) is 4.98 Å². The highest BCUT2D eigenvalue weighted by Gasteiger charge is 2.28. The van der Waals surface area contributed by atoms with E-state index < -0.39 is 0 Å². The molecule has 0 spiro atoms. The number of likely N-dealkylation sites (tertiary alicyclic amines) is 1. The van der Waals surface area contributed by atoms with Crippen molar-refractivity contribution in [2.24, 2.45) is 0 Å². The summed E-state index contributed by atoms with van der Waals surface area (Å²) in [6.45, 7) is 1.28. The summed E-state index contributed by atoms with van der Waals surface area (Å²) in [6, 6.07) is 19.3. The summed E-state index contributed by atoms with van der Waals surface area (Å²) >= 11 is 3.41. The molecule has 0 aliphatic carbocycles. The maximum absolute atomic E-state index is 12.6. The lowest BCUT2D eigenvalue weighted by atomic mass is 10.2. The summed E-state index contributed by atoms with van der Waals surface area (Å²) in [5.74, 6) is 0.652. The lowest BCUT2D eigenvalue weighted by molar-refractivity contribution is 0.0771. The summed E-state index contributed by atoms with van der Waals surface area (Å²) in [5.41, 5.74) is 1.61. The van der Waals surface area contributed by atoms with E-state index in [0.29, 0.717) is 24.5 Å². The summed E-state index contributed by atoms with van der Waals surface area (Å²) in [6.07, 6.45) is 0.790. The second-order valence-corrected chi connectivity index (χ2v) is 7.05. The maximum atomic E-state index is 12.6. The van der Waals surface area contributed by atoms with Gasteiger partial charge in [-0.05, 0) is 30.3 Å². The van der Waals surface area contributed by atoms with Gasteiger partial charge in [0.05, 0.1) is 12.1 Å². The van der Waals surface area contributed by atoms with Crippen molar-refractivity contribution in [1.29, 1.82) is 0 Å². The number of carbonyl (C=O) groups excluding carboxylic acids is 1. The minimum absolute atomic E-state index is 0.0234. The topological polar surface area (TPSA) is 42.4 Å². The highest BCUT2D eigenvalue weighted by Crippen LogP contribution is 2.22.